The number of nitrogens with zero attached hydrogens (tertiary/aromatic N) is 2. The average molecular weight is 236 g/mol. The van der Waals surface area contributed by atoms with E-state index in [4.69, 9.17) is 5.73 Å². The van der Waals surface area contributed by atoms with Gasteiger partial charge >= 0.3 is 0 Å². The van der Waals surface area contributed by atoms with Gasteiger partial charge in [0.2, 0.25) is 0 Å². The fraction of sp³-hybridized carbons (Fsp3) is 0.769. The summed E-state index contributed by atoms with van der Waals surface area (Å²) in [6.07, 6.45) is 6.08. The molecule has 4 nitrogen and oxygen atoms in total. The van der Waals surface area contributed by atoms with Crippen LogP contribution in [0.4, 0.5) is 11.5 Å². The van der Waals surface area contributed by atoms with E-state index in [1.165, 1.54) is 19.3 Å². The summed E-state index contributed by atoms with van der Waals surface area (Å²) in [6.45, 7) is 4.38. The van der Waals surface area contributed by atoms with E-state index in [1.54, 1.807) is 0 Å². The lowest BCUT2D eigenvalue weighted by molar-refractivity contribution is 0.630. The van der Waals surface area contributed by atoms with Crippen LogP contribution in [-0.2, 0) is 13.5 Å². The van der Waals surface area contributed by atoms with E-state index in [0.717, 1.165) is 36.0 Å². The normalized spacial score (nSPS) is 17.1. The maximum atomic E-state index is 6.14. The first kappa shape index (κ1) is 12.3. The van der Waals surface area contributed by atoms with Gasteiger partial charge < -0.3 is 11.1 Å². The maximum absolute atomic E-state index is 6.14. The Balaban J connectivity index is 2.02. The Morgan fingerprint density at radius 2 is 2.24 bits per heavy atom. The predicted molar refractivity (Wildman–Crippen MR) is 72.0 cm³/mol. The van der Waals surface area contributed by atoms with Crippen LogP contribution in [0.5, 0.6) is 0 Å². The van der Waals surface area contributed by atoms with Crippen molar-refractivity contribution in [3.05, 3.63) is 5.69 Å². The summed E-state index contributed by atoms with van der Waals surface area (Å²) >= 11 is 0. The van der Waals surface area contributed by atoms with Crippen molar-refractivity contribution in [2.75, 3.05) is 11.1 Å². The molecule has 0 aliphatic heterocycles. The molecule has 1 aliphatic rings. The van der Waals surface area contributed by atoms with Gasteiger partial charge in [-0.15, -0.1) is 0 Å². The molecule has 1 fully saturated rings. The summed E-state index contributed by atoms with van der Waals surface area (Å²) in [4.78, 5) is 0. The van der Waals surface area contributed by atoms with Crippen molar-refractivity contribution < 1.29 is 0 Å². The van der Waals surface area contributed by atoms with Gasteiger partial charge in [-0.1, -0.05) is 26.2 Å². The number of aromatic nitrogens is 2. The Bertz CT molecular complexity index is 379. The number of aryl methyl sites for hydroxylation is 2. The number of hydrogen-bond donors (Lipinski definition) is 2. The van der Waals surface area contributed by atoms with E-state index in [2.05, 4.69) is 24.3 Å². The highest BCUT2D eigenvalue weighted by Gasteiger charge is 2.24. The molecule has 2 rings (SSSR count). The van der Waals surface area contributed by atoms with E-state index in [-0.39, 0.29) is 0 Å². The lowest BCUT2D eigenvalue weighted by atomic mass is 10.1. The Hall–Kier alpha value is -1.19. The molecule has 0 amide bonds. The monoisotopic (exact) mass is 236 g/mol. The Labute approximate surface area is 104 Å². The molecule has 1 aliphatic carbocycles. The predicted octanol–water partition coefficient (Wildman–Crippen LogP) is 2.56. The number of anilines is 2. The van der Waals surface area contributed by atoms with Crippen LogP contribution >= 0.6 is 0 Å². The van der Waals surface area contributed by atoms with Crippen molar-refractivity contribution in [1.82, 2.24) is 9.78 Å². The van der Waals surface area contributed by atoms with Gasteiger partial charge in [-0.05, 0) is 25.7 Å². The quantitative estimate of drug-likeness (QED) is 0.798. The molecule has 0 saturated heterocycles. The van der Waals surface area contributed by atoms with Crippen LogP contribution in [0, 0.1) is 5.92 Å². The molecule has 1 unspecified atom stereocenters. The van der Waals surface area contributed by atoms with Gasteiger partial charge in [0.05, 0.1) is 11.4 Å². The summed E-state index contributed by atoms with van der Waals surface area (Å²) in [5.41, 5.74) is 7.99. The molecule has 0 bridgehead atoms. The van der Waals surface area contributed by atoms with Crippen molar-refractivity contribution >= 4 is 11.5 Å². The molecule has 17 heavy (non-hydrogen) atoms. The molecule has 1 aromatic rings. The number of rotatable bonds is 6. The minimum absolute atomic E-state index is 0.481. The minimum atomic E-state index is 0.481. The first-order valence-corrected chi connectivity index (χ1v) is 6.69. The summed E-state index contributed by atoms with van der Waals surface area (Å²) < 4.78 is 1.88. The molecule has 0 radical (unpaired) electrons. The second-order valence-electron chi connectivity index (χ2n) is 5.31. The van der Waals surface area contributed by atoms with E-state index in [1.807, 2.05) is 11.7 Å². The van der Waals surface area contributed by atoms with E-state index >= 15 is 0 Å². The molecule has 1 aromatic heterocycles. The van der Waals surface area contributed by atoms with Crippen molar-refractivity contribution in [3.63, 3.8) is 0 Å². The van der Waals surface area contributed by atoms with Crippen molar-refractivity contribution in [2.24, 2.45) is 13.0 Å². The van der Waals surface area contributed by atoms with E-state index in [0.29, 0.717) is 6.04 Å². The zero-order valence-electron chi connectivity index (χ0n) is 11.2. The van der Waals surface area contributed by atoms with Crippen LogP contribution in [-0.4, -0.2) is 15.8 Å². The Morgan fingerprint density at radius 3 is 2.82 bits per heavy atom. The second-order valence-corrected chi connectivity index (χ2v) is 5.31. The maximum Gasteiger partial charge on any atom is 0.147 e. The lowest BCUT2D eigenvalue weighted by Crippen LogP contribution is -2.18. The highest BCUT2D eigenvalue weighted by Crippen LogP contribution is 2.34. The van der Waals surface area contributed by atoms with Crippen LogP contribution < -0.4 is 11.1 Å². The summed E-state index contributed by atoms with van der Waals surface area (Å²) in [6, 6.07) is 0.481. The molecule has 1 saturated carbocycles. The molecule has 96 valence electrons. The van der Waals surface area contributed by atoms with Crippen LogP contribution in [0.15, 0.2) is 0 Å². The van der Waals surface area contributed by atoms with Crippen LogP contribution in [0.1, 0.15) is 45.2 Å². The topological polar surface area (TPSA) is 55.9 Å². The van der Waals surface area contributed by atoms with E-state index < -0.39 is 0 Å². The van der Waals surface area contributed by atoms with Gasteiger partial charge in [-0.3, -0.25) is 4.68 Å². The highest BCUT2D eigenvalue weighted by atomic mass is 15.3. The third kappa shape index (κ3) is 2.93. The van der Waals surface area contributed by atoms with Gasteiger partial charge in [0.15, 0.2) is 0 Å². The zero-order chi connectivity index (χ0) is 12.4. The number of nitrogens with one attached hydrogen (secondary N) is 1. The second kappa shape index (κ2) is 4.98. The molecule has 1 atom stereocenters. The zero-order valence-corrected chi connectivity index (χ0v) is 11.2. The molecule has 0 spiro atoms. The summed E-state index contributed by atoms with van der Waals surface area (Å²) in [7, 11) is 1.96. The van der Waals surface area contributed by atoms with Crippen LogP contribution in [0.25, 0.3) is 0 Å². The Morgan fingerprint density at radius 1 is 1.53 bits per heavy atom. The molecule has 3 N–H and O–H groups in total. The number of hydrogen-bond acceptors (Lipinski definition) is 3. The minimum Gasteiger partial charge on any atom is -0.394 e. The summed E-state index contributed by atoms with van der Waals surface area (Å²) in [5, 5.41) is 7.98. The van der Waals surface area contributed by atoms with Crippen LogP contribution in [0.2, 0.25) is 0 Å². The Kier molecular flexibility index (Phi) is 3.60. The molecular formula is C13H24N4. The number of nitrogens with two attached hydrogens (primary N) is 1. The molecule has 1 heterocycles. The van der Waals surface area contributed by atoms with Crippen molar-refractivity contribution in [3.8, 4) is 0 Å². The smallest absolute Gasteiger partial charge is 0.147 e. The fourth-order valence-corrected chi connectivity index (χ4v) is 2.33. The van der Waals surface area contributed by atoms with Gasteiger partial charge in [0.25, 0.3) is 0 Å². The summed E-state index contributed by atoms with van der Waals surface area (Å²) in [5.74, 6) is 1.92. The molecule has 4 heteroatoms. The first-order chi connectivity index (χ1) is 8.11. The largest absolute Gasteiger partial charge is 0.394 e. The van der Waals surface area contributed by atoms with Gasteiger partial charge in [0, 0.05) is 13.1 Å². The third-order valence-corrected chi connectivity index (χ3v) is 3.41. The van der Waals surface area contributed by atoms with Gasteiger partial charge in [-0.25, -0.2) is 0 Å². The average Bonchev–Trinajstić information content (AvgIpc) is 3.03. The van der Waals surface area contributed by atoms with Gasteiger partial charge in [-0.2, -0.15) is 5.10 Å². The van der Waals surface area contributed by atoms with Crippen LogP contribution in [0.3, 0.4) is 0 Å². The molecular weight excluding hydrogens is 212 g/mol. The van der Waals surface area contributed by atoms with Gasteiger partial charge in [0.1, 0.15) is 5.82 Å². The molecule has 0 aromatic carbocycles. The third-order valence-electron chi connectivity index (χ3n) is 3.41. The van der Waals surface area contributed by atoms with Crippen molar-refractivity contribution in [1.29, 1.82) is 0 Å². The first-order valence-electron chi connectivity index (χ1n) is 6.69. The number of nitrogen functional groups attached to an aromatic ring is 1. The highest BCUT2D eigenvalue weighted by molar-refractivity contribution is 5.65. The van der Waals surface area contributed by atoms with Crippen molar-refractivity contribution in [2.45, 2.75) is 52.0 Å². The van der Waals surface area contributed by atoms with E-state index in [9.17, 15) is 0 Å². The standard InChI is InChI=1S/C13H24N4/c1-4-5-11-12(14)13(17(3)16-11)15-9(2)8-10-6-7-10/h9-10,15H,4-8,14H2,1-3H3. The lowest BCUT2D eigenvalue weighted by Gasteiger charge is -2.15. The fourth-order valence-electron chi connectivity index (χ4n) is 2.33. The SMILES string of the molecule is CCCc1nn(C)c(NC(C)CC2CC2)c1N.